The van der Waals surface area contributed by atoms with Gasteiger partial charge in [-0.3, -0.25) is 5.01 Å². The van der Waals surface area contributed by atoms with Crippen molar-refractivity contribution < 1.29 is 0 Å². The Morgan fingerprint density at radius 1 is 1.20 bits per heavy atom. The molecule has 0 N–H and O–H groups in total. The average molecular weight is 329 g/mol. The second-order valence-electron chi connectivity index (χ2n) is 5.05. The Bertz CT molecular complexity index is 676. The van der Waals surface area contributed by atoms with E-state index >= 15 is 0 Å². The Morgan fingerprint density at radius 3 is 2.75 bits per heavy atom. The Hall–Kier alpha value is -1.61. The Labute approximate surface area is 128 Å². The van der Waals surface area contributed by atoms with Gasteiger partial charge in [-0.25, -0.2) is 0 Å². The van der Waals surface area contributed by atoms with Gasteiger partial charge in [0.25, 0.3) is 0 Å². The first-order valence-corrected chi connectivity index (χ1v) is 7.68. The van der Waals surface area contributed by atoms with Crippen molar-refractivity contribution in [3.05, 3.63) is 63.6 Å². The van der Waals surface area contributed by atoms with Gasteiger partial charge >= 0.3 is 0 Å². The number of benzene rings is 2. The molecule has 1 aliphatic rings. The standard InChI is InChI=1S/C17H17BrN2/c1-3-16-15-10-14(18)9-8-13(15)11-20(19-16)17-7-5-4-6-12(17)2/h4-10H,3,11H2,1-2H3. The summed E-state index contributed by atoms with van der Waals surface area (Å²) >= 11 is 3.55. The number of hydrogen-bond donors (Lipinski definition) is 0. The van der Waals surface area contributed by atoms with E-state index in [9.17, 15) is 0 Å². The predicted octanol–water partition coefficient (Wildman–Crippen LogP) is 4.89. The van der Waals surface area contributed by atoms with Gasteiger partial charge in [-0.05, 0) is 42.7 Å². The van der Waals surface area contributed by atoms with Crippen LogP contribution in [-0.4, -0.2) is 5.71 Å². The average Bonchev–Trinajstić information content (AvgIpc) is 2.46. The number of anilines is 1. The summed E-state index contributed by atoms with van der Waals surface area (Å²) in [6.07, 6.45) is 0.936. The van der Waals surface area contributed by atoms with E-state index < -0.39 is 0 Å². The van der Waals surface area contributed by atoms with E-state index in [4.69, 9.17) is 5.10 Å². The molecular weight excluding hydrogens is 312 g/mol. The summed E-state index contributed by atoms with van der Waals surface area (Å²) in [6, 6.07) is 14.9. The Balaban J connectivity index is 2.07. The van der Waals surface area contributed by atoms with Crippen LogP contribution in [0.3, 0.4) is 0 Å². The first kappa shape index (κ1) is 13.4. The van der Waals surface area contributed by atoms with Crippen molar-refractivity contribution >= 4 is 27.3 Å². The maximum Gasteiger partial charge on any atom is 0.0683 e. The minimum absolute atomic E-state index is 0.830. The van der Waals surface area contributed by atoms with Crippen molar-refractivity contribution in [1.29, 1.82) is 0 Å². The fourth-order valence-corrected chi connectivity index (χ4v) is 2.97. The van der Waals surface area contributed by atoms with Crippen molar-refractivity contribution in [3.8, 4) is 0 Å². The van der Waals surface area contributed by atoms with Crippen LogP contribution in [0.4, 0.5) is 5.69 Å². The fraction of sp³-hybridized carbons (Fsp3) is 0.235. The molecular formula is C17H17BrN2. The van der Waals surface area contributed by atoms with Crippen LogP contribution in [0.5, 0.6) is 0 Å². The molecule has 2 nitrogen and oxygen atoms in total. The van der Waals surface area contributed by atoms with Crippen molar-refractivity contribution in [1.82, 2.24) is 0 Å². The molecule has 0 unspecified atom stereocenters. The van der Waals surface area contributed by atoms with E-state index in [1.165, 1.54) is 22.4 Å². The van der Waals surface area contributed by atoms with Crippen LogP contribution in [0.25, 0.3) is 0 Å². The van der Waals surface area contributed by atoms with Crippen LogP contribution in [-0.2, 0) is 6.54 Å². The van der Waals surface area contributed by atoms with Gasteiger partial charge < -0.3 is 0 Å². The third kappa shape index (κ3) is 2.38. The van der Waals surface area contributed by atoms with E-state index in [1.54, 1.807) is 0 Å². The topological polar surface area (TPSA) is 15.6 Å². The summed E-state index contributed by atoms with van der Waals surface area (Å²) in [7, 11) is 0. The van der Waals surface area contributed by atoms with E-state index in [0.29, 0.717) is 0 Å². The second-order valence-corrected chi connectivity index (χ2v) is 5.96. The van der Waals surface area contributed by atoms with Crippen LogP contribution in [0.1, 0.15) is 30.0 Å². The lowest BCUT2D eigenvalue weighted by molar-refractivity contribution is 0.825. The highest BCUT2D eigenvalue weighted by Crippen LogP contribution is 2.29. The lowest BCUT2D eigenvalue weighted by Gasteiger charge is -2.28. The van der Waals surface area contributed by atoms with Crippen LogP contribution >= 0.6 is 15.9 Å². The molecule has 3 heteroatoms. The van der Waals surface area contributed by atoms with Gasteiger partial charge in [-0.15, -0.1) is 0 Å². The number of hydrogen-bond acceptors (Lipinski definition) is 2. The highest BCUT2D eigenvalue weighted by atomic mass is 79.9. The molecule has 0 bridgehead atoms. The molecule has 0 fully saturated rings. The van der Waals surface area contributed by atoms with E-state index in [0.717, 1.165) is 23.1 Å². The summed E-state index contributed by atoms with van der Waals surface area (Å²) in [6.45, 7) is 5.12. The number of fused-ring (bicyclic) bond motifs is 1. The summed E-state index contributed by atoms with van der Waals surface area (Å²) in [5.74, 6) is 0. The molecule has 0 atom stereocenters. The second kappa shape index (κ2) is 5.41. The van der Waals surface area contributed by atoms with Crippen LogP contribution in [0.2, 0.25) is 0 Å². The number of nitrogens with zero attached hydrogens (tertiary/aromatic N) is 2. The van der Waals surface area contributed by atoms with Crippen LogP contribution in [0, 0.1) is 6.92 Å². The number of halogens is 1. The fourth-order valence-electron chi connectivity index (χ4n) is 2.60. The van der Waals surface area contributed by atoms with Gasteiger partial charge in [-0.1, -0.05) is 47.1 Å². The summed E-state index contributed by atoms with van der Waals surface area (Å²) in [4.78, 5) is 0. The smallest absolute Gasteiger partial charge is 0.0683 e. The minimum Gasteiger partial charge on any atom is -0.261 e. The summed E-state index contributed by atoms with van der Waals surface area (Å²) in [5, 5.41) is 6.96. The molecule has 102 valence electrons. The van der Waals surface area contributed by atoms with E-state index in [1.807, 2.05) is 0 Å². The largest absolute Gasteiger partial charge is 0.261 e. The van der Waals surface area contributed by atoms with E-state index in [-0.39, 0.29) is 0 Å². The lowest BCUT2D eigenvalue weighted by Crippen LogP contribution is -2.26. The molecule has 0 aromatic heterocycles. The van der Waals surface area contributed by atoms with Gasteiger partial charge in [-0.2, -0.15) is 5.10 Å². The molecule has 0 amide bonds. The zero-order chi connectivity index (χ0) is 14.1. The third-order valence-corrected chi connectivity index (χ3v) is 4.17. The van der Waals surface area contributed by atoms with Crippen LogP contribution in [0.15, 0.2) is 52.0 Å². The molecule has 3 rings (SSSR count). The molecule has 20 heavy (non-hydrogen) atoms. The zero-order valence-electron chi connectivity index (χ0n) is 11.7. The third-order valence-electron chi connectivity index (χ3n) is 3.67. The van der Waals surface area contributed by atoms with Gasteiger partial charge in [0.2, 0.25) is 0 Å². The van der Waals surface area contributed by atoms with Crippen molar-refractivity contribution in [3.63, 3.8) is 0 Å². The summed E-state index contributed by atoms with van der Waals surface area (Å²) < 4.78 is 1.11. The van der Waals surface area contributed by atoms with Gasteiger partial charge in [0.1, 0.15) is 0 Å². The molecule has 0 saturated heterocycles. The molecule has 0 spiro atoms. The Morgan fingerprint density at radius 2 is 2.00 bits per heavy atom. The maximum atomic E-state index is 4.84. The lowest BCUT2D eigenvalue weighted by atomic mass is 9.99. The van der Waals surface area contributed by atoms with E-state index in [2.05, 4.69) is 77.3 Å². The van der Waals surface area contributed by atoms with Crippen molar-refractivity contribution in [2.75, 3.05) is 5.01 Å². The zero-order valence-corrected chi connectivity index (χ0v) is 13.3. The SMILES string of the molecule is CCC1=NN(c2ccccc2C)Cc2ccc(Br)cc21. The van der Waals surface area contributed by atoms with Crippen molar-refractivity contribution in [2.24, 2.45) is 5.10 Å². The predicted molar refractivity (Wildman–Crippen MR) is 88.3 cm³/mol. The van der Waals surface area contributed by atoms with Gasteiger partial charge in [0.05, 0.1) is 17.9 Å². The molecule has 0 saturated carbocycles. The number of rotatable bonds is 2. The number of hydrazone groups is 1. The number of aryl methyl sites for hydroxylation is 1. The van der Waals surface area contributed by atoms with Gasteiger partial charge in [0.15, 0.2) is 0 Å². The molecule has 1 heterocycles. The molecule has 2 aromatic rings. The summed E-state index contributed by atoms with van der Waals surface area (Å²) in [5.41, 5.74) is 6.20. The molecule has 0 aliphatic carbocycles. The normalized spacial score (nSPS) is 13.9. The van der Waals surface area contributed by atoms with Crippen molar-refractivity contribution in [2.45, 2.75) is 26.8 Å². The highest BCUT2D eigenvalue weighted by molar-refractivity contribution is 9.10. The molecule has 2 aromatic carbocycles. The Kier molecular flexibility index (Phi) is 3.62. The number of para-hydroxylation sites is 1. The highest BCUT2D eigenvalue weighted by Gasteiger charge is 2.19. The molecule has 0 radical (unpaired) electrons. The quantitative estimate of drug-likeness (QED) is 0.766. The van der Waals surface area contributed by atoms with Gasteiger partial charge in [0, 0.05) is 10.0 Å². The first-order chi connectivity index (χ1) is 9.69. The maximum absolute atomic E-state index is 4.84. The minimum atomic E-state index is 0.830. The monoisotopic (exact) mass is 328 g/mol. The first-order valence-electron chi connectivity index (χ1n) is 6.88. The molecule has 1 aliphatic heterocycles. The van der Waals surface area contributed by atoms with Crippen LogP contribution < -0.4 is 5.01 Å².